The van der Waals surface area contributed by atoms with Gasteiger partial charge in [-0.05, 0) is 80.1 Å². The zero-order valence-corrected chi connectivity index (χ0v) is 21.2. The van der Waals surface area contributed by atoms with E-state index in [1.54, 1.807) is 0 Å². The summed E-state index contributed by atoms with van der Waals surface area (Å²) in [6, 6.07) is 19.4. The second-order valence-electron chi connectivity index (χ2n) is 9.07. The molecule has 1 saturated carbocycles. The Bertz CT molecular complexity index is 1200. The first-order chi connectivity index (χ1) is 17.4. The lowest BCUT2D eigenvalue weighted by atomic mass is 9.94. The number of benzene rings is 2. The maximum atomic E-state index is 13.1. The van der Waals surface area contributed by atoms with E-state index in [1.807, 2.05) is 65.2 Å². The normalized spacial score (nSPS) is 18.1. The molecule has 190 valence electrons. The number of hydrogen-bond acceptors (Lipinski definition) is 4. The Morgan fingerprint density at radius 2 is 1.78 bits per heavy atom. The molecule has 8 heteroatoms. The van der Waals surface area contributed by atoms with Crippen LogP contribution < -0.4 is 15.8 Å². The fraction of sp³-hybridized carbons (Fsp3) is 0.357. The third-order valence-corrected chi connectivity index (χ3v) is 6.64. The van der Waals surface area contributed by atoms with Gasteiger partial charge in [-0.3, -0.25) is 10.1 Å². The van der Waals surface area contributed by atoms with Crippen molar-refractivity contribution < 1.29 is 14.6 Å². The summed E-state index contributed by atoms with van der Waals surface area (Å²) in [7, 11) is 0. The number of aliphatic imine (C=N–C) groups is 1. The molecule has 0 radical (unpaired) electrons. The molecule has 1 aliphatic carbocycles. The standard InChI is InChI=1S/C28H33ClN4O3/c1-2-17-36-22-13-7-19(8-14-22)25-15-16-26(23-5-3-4-6-24(23)29)33(25)18-27(35)32-28(30)31-20-9-11-21(34)12-10-20/h3-8,13-16,20-21,34H,2,9-12,17-18H2,1H3,(H3,30,31,32,35). The van der Waals surface area contributed by atoms with Gasteiger partial charge in [0, 0.05) is 16.3 Å². The Morgan fingerprint density at radius 3 is 2.47 bits per heavy atom. The molecule has 0 aliphatic heterocycles. The monoisotopic (exact) mass is 508 g/mol. The van der Waals surface area contributed by atoms with Gasteiger partial charge in [0.1, 0.15) is 12.3 Å². The Balaban J connectivity index is 1.58. The number of nitrogens with two attached hydrogens (primary N) is 1. The maximum Gasteiger partial charge on any atom is 0.246 e. The first-order valence-electron chi connectivity index (χ1n) is 12.4. The molecule has 7 nitrogen and oxygen atoms in total. The molecule has 0 bridgehead atoms. The van der Waals surface area contributed by atoms with Crippen LogP contribution in [0.4, 0.5) is 0 Å². The molecule has 0 spiro atoms. The Kier molecular flexibility index (Phi) is 8.67. The van der Waals surface area contributed by atoms with Crippen molar-refractivity contribution in [2.45, 2.75) is 57.7 Å². The topological polar surface area (TPSA) is 102 Å². The van der Waals surface area contributed by atoms with Gasteiger partial charge >= 0.3 is 0 Å². The minimum atomic E-state index is -0.277. The van der Waals surface area contributed by atoms with E-state index in [0.717, 1.165) is 47.5 Å². The highest BCUT2D eigenvalue weighted by Crippen LogP contribution is 2.33. The molecule has 0 saturated heterocycles. The number of amides is 1. The third-order valence-electron chi connectivity index (χ3n) is 6.31. The van der Waals surface area contributed by atoms with E-state index >= 15 is 0 Å². The van der Waals surface area contributed by atoms with Crippen molar-refractivity contribution in [3.8, 4) is 28.3 Å². The number of carbonyl (C=O) groups is 1. The van der Waals surface area contributed by atoms with Gasteiger partial charge in [0.25, 0.3) is 0 Å². The van der Waals surface area contributed by atoms with Gasteiger partial charge in [-0.1, -0.05) is 36.7 Å². The lowest BCUT2D eigenvalue weighted by molar-refractivity contribution is -0.120. The number of guanidine groups is 1. The van der Waals surface area contributed by atoms with Crippen LogP contribution >= 0.6 is 11.6 Å². The minimum Gasteiger partial charge on any atom is -0.494 e. The molecule has 3 aromatic rings. The number of rotatable bonds is 8. The highest BCUT2D eigenvalue weighted by Gasteiger charge is 2.20. The van der Waals surface area contributed by atoms with Crippen LogP contribution in [0.15, 0.2) is 65.7 Å². The predicted octanol–water partition coefficient (Wildman–Crippen LogP) is 5.00. The number of aliphatic hydroxyl groups is 1. The predicted molar refractivity (Wildman–Crippen MR) is 144 cm³/mol. The zero-order valence-electron chi connectivity index (χ0n) is 20.5. The number of nitrogens with zero attached hydrogens (tertiary/aromatic N) is 2. The highest BCUT2D eigenvalue weighted by atomic mass is 35.5. The summed E-state index contributed by atoms with van der Waals surface area (Å²) in [6.07, 6.45) is 3.59. The summed E-state index contributed by atoms with van der Waals surface area (Å²) < 4.78 is 7.65. The van der Waals surface area contributed by atoms with Crippen molar-refractivity contribution >= 4 is 23.5 Å². The fourth-order valence-corrected chi connectivity index (χ4v) is 4.71. The van der Waals surface area contributed by atoms with Crippen molar-refractivity contribution in [1.29, 1.82) is 0 Å². The summed E-state index contributed by atoms with van der Waals surface area (Å²) in [6.45, 7) is 2.77. The van der Waals surface area contributed by atoms with E-state index in [4.69, 9.17) is 22.1 Å². The quantitative estimate of drug-likeness (QED) is 0.294. The molecule has 36 heavy (non-hydrogen) atoms. The van der Waals surface area contributed by atoms with Gasteiger partial charge in [0.15, 0.2) is 5.96 Å². The molecule has 1 heterocycles. The molecule has 2 aromatic carbocycles. The second kappa shape index (κ2) is 12.1. The summed E-state index contributed by atoms with van der Waals surface area (Å²) in [5.74, 6) is 0.634. The highest BCUT2D eigenvalue weighted by molar-refractivity contribution is 6.33. The molecule has 0 atom stereocenters. The Morgan fingerprint density at radius 1 is 1.08 bits per heavy atom. The van der Waals surface area contributed by atoms with E-state index in [-0.39, 0.29) is 30.6 Å². The van der Waals surface area contributed by atoms with Crippen LogP contribution in [0.3, 0.4) is 0 Å². The molecule has 4 N–H and O–H groups in total. The van der Waals surface area contributed by atoms with Crippen LogP contribution in [0.1, 0.15) is 39.0 Å². The average Bonchev–Trinajstić information content (AvgIpc) is 3.27. The van der Waals surface area contributed by atoms with Crippen molar-refractivity contribution in [2.75, 3.05) is 6.61 Å². The summed E-state index contributed by atoms with van der Waals surface area (Å²) >= 11 is 6.51. The van der Waals surface area contributed by atoms with Gasteiger partial charge in [0.2, 0.25) is 5.91 Å². The number of carbonyl (C=O) groups excluding carboxylic acids is 1. The number of hydrogen-bond donors (Lipinski definition) is 3. The van der Waals surface area contributed by atoms with Crippen LogP contribution in [0.25, 0.3) is 22.5 Å². The van der Waals surface area contributed by atoms with Gasteiger partial charge in [-0.25, -0.2) is 4.99 Å². The van der Waals surface area contributed by atoms with Gasteiger partial charge in [0.05, 0.1) is 24.4 Å². The molecule has 1 aromatic heterocycles. The van der Waals surface area contributed by atoms with Gasteiger partial charge < -0.3 is 20.1 Å². The van der Waals surface area contributed by atoms with E-state index in [2.05, 4.69) is 17.2 Å². The molecular formula is C28H33ClN4O3. The van der Waals surface area contributed by atoms with Crippen molar-refractivity contribution in [3.63, 3.8) is 0 Å². The first-order valence-corrected chi connectivity index (χ1v) is 12.8. The largest absolute Gasteiger partial charge is 0.494 e. The number of ether oxygens (including phenoxy) is 1. The average molecular weight is 509 g/mol. The fourth-order valence-electron chi connectivity index (χ4n) is 4.48. The number of halogens is 1. The number of nitrogens with one attached hydrogen (secondary N) is 1. The molecule has 1 amide bonds. The van der Waals surface area contributed by atoms with Crippen LogP contribution in [-0.4, -0.2) is 40.3 Å². The second-order valence-corrected chi connectivity index (χ2v) is 9.47. The number of aliphatic hydroxyl groups excluding tert-OH is 1. The van der Waals surface area contributed by atoms with Crippen LogP contribution in [-0.2, 0) is 11.3 Å². The maximum absolute atomic E-state index is 13.1. The molecule has 1 fully saturated rings. The lowest BCUT2D eigenvalue weighted by Gasteiger charge is -2.22. The molecule has 0 unspecified atom stereocenters. The SMILES string of the molecule is CCCOc1ccc(-c2ccc(-c3ccccc3Cl)n2CC(=O)NC(N)=NC2CCC(O)CC2)cc1. The molecular weight excluding hydrogens is 476 g/mol. The van der Waals surface area contributed by atoms with Gasteiger partial charge in [-0.2, -0.15) is 0 Å². The van der Waals surface area contributed by atoms with Crippen LogP contribution in [0.2, 0.25) is 5.02 Å². The third kappa shape index (κ3) is 6.47. The van der Waals surface area contributed by atoms with Crippen molar-refractivity contribution in [1.82, 2.24) is 9.88 Å². The van der Waals surface area contributed by atoms with E-state index in [0.29, 0.717) is 24.5 Å². The lowest BCUT2D eigenvalue weighted by Crippen LogP contribution is -2.40. The molecule has 1 aliphatic rings. The summed E-state index contributed by atoms with van der Waals surface area (Å²) in [5, 5.41) is 13.0. The summed E-state index contributed by atoms with van der Waals surface area (Å²) in [5.41, 5.74) is 9.55. The molecule has 4 rings (SSSR count). The smallest absolute Gasteiger partial charge is 0.246 e. The van der Waals surface area contributed by atoms with E-state index in [1.165, 1.54) is 0 Å². The minimum absolute atomic E-state index is 0.0166. The van der Waals surface area contributed by atoms with Crippen molar-refractivity contribution in [2.24, 2.45) is 10.7 Å². The Labute approximate surface area is 216 Å². The Hall–Kier alpha value is -3.29. The van der Waals surface area contributed by atoms with Gasteiger partial charge in [-0.15, -0.1) is 0 Å². The number of aromatic nitrogens is 1. The summed E-state index contributed by atoms with van der Waals surface area (Å²) in [4.78, 5) is 17.5. The zero-order chi connectivity index (χ0) is 25.5. The van der Waals surface area contributed by atoms with E-state index < -0.39 is 0 Å². The van der Waals surface area contributed by atoms with Crippen molar-refractivity contribution in [3.05, 3.63) is 65.7 Å². The first kappa shape index (κ1) is 25.8. The van der Waals surface area contributed by atoms with E-state index in [9.17, 15) is 9.90 Å². The van der Waals surface area contributed by atoms with Crippen LogP contribution in [0, 0.1) is 0 Å². The van der Waals surface area contributed by atoms with Crippen LogP contribution in [0.5, 0.6) is 5.75 Å².